The topological polar surface area (TPSA) is 45.5 Å². The van der Waals surface area contributed by atoms with Crippen LogP contribution in [0.3, 0.4) is 0 Å². The first-order valence-corrected chi connectivity index (χ1v) is 4.05. The van der Waals surface area contributed by atoms with Crippen molar-refractivity contribution in [3.05, 3.63) is 23.0 Å². The lowest BCUT2D eigenvalue weighted by Gasteiger charge is -2.18. The Morgan fingerprint density at radius 2 is 2.00 bits per heavy atom. The number of carboxylic acids is 1. The lowest BCUT2D eigenvalue weighted by molar-refractivity contribution is 0.0696. The highest BCUT2D eigenvalue weighted by molar-refractivity contribution is 5.89. The Bertz CT molecular complexity index is 340. The highest BCUT2D eigenvalue weighted by Gasteiger charge is 2.14. The van der Waals surface area contributed by atoms with Crippen molar-refractivity contribution < 1.29 is 9.90 Å². The molecule has 1 aromatic rings. The summed E-state index contributed by atoms with van der Waals surface area (Å²) in [5, 5.41) is 10.7. The van der Waals surface area contributed by atoms with Crippen LogP contribution in [0.1, 0.15) is 21.7 Å². The minimum atomic E-state index is -0.874. The number of hydrogen-bond donors (Lipinski definition) is 1. The minimum Gasteiger partial charge on any atom is -0.478 e. The van der Waals surface area contributed by atoms with E-state index in [4.69, 9.17) is 5.11 Å². The smallest absolute Gasteiger partial charge is 0.337 e. The summed E-state index contributed by atoms with van der Waals surface area (Å²) in [5.74, 6) is -0.874. The van der Waals surface area contributed by atoms with E-state index in [9.17, 15) is 4.79 Å². The number of carbonyl (C=O) groups is 1. The molecule has 0 aliphatic rings. The normalized spacial score (nSPS) is 10.2. The molecule has 1 N–H and O–H groups in total. The Balaban J connectivity index is 3.30. The van der Waals surface area contributed by atoms with Gasteiger partial charge >= 0.3 is 5.97 Å². The summed E-state index contributed by atoms with van der Waals surface area (Å²) in [4.78, 5) is 10.8. The standard InChI is InChI=1S/C9H14N2O2/c1-6-5-8(9(12)13)7(2)11(6)10(3)4/h5H,1-4H3,(H,12,13). The Morgan fingerprint density at radius 1 is 1.46 bits per heavy atom. The average Bonchev–Trinajstić information content (AvgIpc) is 2.26. The molecule has 72 valence electrons. The van der Waals surface area contributed by atoms with E-state index in [1.54, 1.807) is 13.0 Å². The van der Waals surface area contributed by atoms with Gasteiger partial charge in [-0.2, -0.15) is 0 Å². The number of hydrogen-bond acceptors (Lipinski definition) is 2. The minimum absolute atomic E-state index is 0.367. The van der Waals surface area contributed by atoms with Crippen molar-refractivity contribution >= 4 is 5.97 Å². The van der Waals surface area contributed by atoms with Gasteiger partial charge in [0, 0.05) is 19.8 Å². The maximum Gasteiger partial charge on any atom is 0.337 e. The molecule has 1 aromatic heterocycles. The predicted molar refractivity (Wildman–Crippen MR) is 50.9 cm³/mol. The summed E-state index contributed by atoms with van der Waals surface area (Å²) in [5.41, 5.74) is 2.06. The van der Waals surface area contributed by atoms with Crippen LogP contribution in [0.2, 0.25) is 0 Å². The molecule has 0 saturated heterocycles. The third-order valence-corrected chi connectivity index (χ3v) is 2.03. The first-order chi connectivity index (χ1) is 5.95. The SMILES string of the molecule is Cc1cc(C(=O)O)c(C)n1N(C)C. The van der Waals surface area contributed by atoms with Crippen molar-refractivity contribution in [2.24, 2.45) is 0 Å². The molecule has 0 amide bonds. The summed E-state index contributed by atoms with van der Waals surface area (Å²) >= 11 is 0. The molecule has 13 heavy (non-hydrogen) atoms. The molecule has 0 aliphatic heterocycles. The second kappa shape index (κ2) is 3.12. The molecular weight excluding hydrogens is 168 g/mol. The molecule has 0 spiro atoms. The van der Waals surface area contributed by atoms with E-state index in [1.807, 2.05) is 30.7 Å². The van der Waals surface area contributed by atoms with Gasteiger partial charge in [0.15, 0.2) is 0 Å². The van der Waals surface area contributed by atoms with E-state index in [-0.39, 0.29) is 0 Å². The van der Waals surface area contributed by atoms with Crippen LogP contribution in [0, 0.1) is 13.8 Å². The van der Waals surface area contributed by atoms with Crippen molar-refractivity contribution in [3.8, 4) is 0 Å². The zero-order valence-electron chi connectivity index (χ0n) is 8.33. The number of nitrogens with zero attached hydrogens (tertiary/aromatic N) is 2. The monoisotopic (exact) mass is 182 g/mol. The maximum absolute atomic E-state index is 10.8. The number of rotatable bonds is 2. The molecule has 1 heterocycles. The summed E-state index contributed by atoms with van der Waals surface area (Å²) < 4.78 is 1.86. The first-order valence-electron chi connectivity index (χ1n) is 4.05. The summed E-state index contributed by atoms with van der Waals surface area (Å²) in [7, 11) is 3.76. The van der Waals surface area contributed by atoms with Gasteiger partial charge in [0.2, 0.25) is 0 Å². The Morgan fingerprint density at radius 3 is 2.23 bits per heavy atom. The predicted octanol–water partition coefficient (Wildman–Crippen LogP) is 1.00. The first kappa shape index (κ1) is 9.64. The number of aryl methyl sites for hydroxylation is 1. The van der Waals surface area contributed by atoms with Gasteiger partial charge in [-0.3, -0.25) is 4.68 Å². The van der Waals surface area contributed by atoms with Crippen LogP contribution in [0.4, 0.5) is 0 Å². The zero-order chi connectivity index (χ0) is 10.2. The number of aromatic carboxylic acids is 1. The average molecular weight is 182 g/mol. The zero-order valence-corrected chi connectivity index (χ0v) is 8.33. The number of aromatic nitrogens is 1. The fourth-order valence-electron chi connectivity index (χ4n) is 1.59. The van der Waals surface area contributed by atoms with E-state index in [2.05, 4.69) is 0 Å². The van der Waals surface area contributed by atoms with Crippen molar-refractivity contribution in [1.82, 2.24) is 4.68 Å². The largest absolute Gasteiger partial charge is 0.478 e. The van der Waals surface area contributed by atoms with Crippen molar-refractivity contribution in [1.29, 1.82) is 0 Å². The molecule has 4 nitrogen and oxygen atoms in total. The Hall–Kier alpha value is -1.45. The van der Waals surface area contributed by atoms with Crippen LogP contribution in [-0.4, -0.2) is 29.8 Å². The molecule has 1 rings (SSSR count). The molecule has 0 fully saturated rings. The van der Waals surface area contributed by atoms with E-state index in [1.165, 1.54) is 0 Å². The molecule has 4 heteroatoms. The highest BCUT2D eigenvalue weighted by Crippen LogP contribution is 2.14. The van der Waals surface area contributed by atoms with Gasteiger partial charge in [0.1, 0.15) is 0 Å². The molecule has 0 unspecified atom stereocenters. The van der Waals surface area contributed by atoms with Crippen molar-refractivity contribution in [3.63, 3.8) is 0 Å². The summed E-state index contributed by atoms with van der Waals surface area (Å²) in [6, 6.07) is 1.68. The van der Waals surface area contributed by atoms with Crippen molar-refractivity contribution in [2.45, 2.75) is 13.8 Å². The molecule has 0 bridgehead atoms. The summed E-state index contributed by atoms with van der Waals surface area (Å²) in [6.07, 6.45) is 0. The van der Waals surface area contributed by atoms with E-state index < -0.39 is 5.97 Å². The highest BCUT2D eigenvalue weighted by atomic mass is 16.4. The van der Waals surface area contributed by atoms with Crippen molar-refractivity contribution in [2.75, 3.05) is 19.1 Å². The van der Waals surface area contributed by atoms with Crippen LogP contribution < -0.4 is 5.01 Å². The summed E-state index contributed by atoms with van der Waals surface area (Å²) in [6.45, 7) is 3.69. The van der Waals surface area contributed by atoms with E-state index in [0.29, 0.717) is 5.56 Å². The maximum atomic E-state index is 10.8. The quantitative estimate of drug-likeness (QED) is 0.742. The van der Waals surface area contributed by atoms with E-state index in [0.717, 1.165) is 11.4 Å². The van der Waals surface area contributed by atoms with Crippen LogP contribution in [0.25, 0.3) is 0 Å². The molecule has 0 aliphatic carbocycles. The van der Waals surface area contributed by atoms with Crippen LogP contribution in [-0.2, 0) is 0 Å². The second-order valence-corrected chi connectivity index (χ2v) is 3.25. The fraction of sp³-hybridized carbons (Fsp3) is 0.444. The molecule has 0 radical (unpaired) electrons. The molecule has 0 aromatic carbocycles. The van der Waals surface area contributed by atoms with Crippen LogP contribution in [0.5, 0.6) is 0 Å². The molecule has 0 atom stereocenters. The Kier molecular flexibility index (Phi) is 2.32. The van der Waals surface area contributed by atoms with Crippen LogP contribution in [0.15, 0.2) is 6.07 Å². The van der Waals surface area contributed by atoms with Gasteiger partial charge in [0.25, 0.3) is 0 Å². The van der Waals surface area contributed by atoms with Gasteiger partial charge in [-0.15, -0.1) is 0 Å². The number of carboxylic acid groups (broad SMARTS) is 1. The molecule has 0 saturated carbocycles. The van der Waals surface area contributed by atoms with Gasteiger partial charge in [-0.05, 0) is 19.9 Å². The molecular formula is C9H14N2O2. The Labute approximate surface area is 77.4 Å². The van der Waals surface area contributed by atoms with E-state index >= 15 is 0 Å². The lowest BCUT2D eigenvalue weighted by atomic mass is 10.2. The fourth-order valence-corrected chi connectivity index (χ4v) is 1.59. The van der Waals surface area contributed by atoms with Gasteiger partial charge in [0.05, 0.1) is 11.3 Å². The van der Waals surface area contributed by atoms with Gasteiger partial charge in [-0.25, -0.2) is 4.79 Å². The lowest BCUT2D eigenvalue weighted by Crippen LogP contribution is -2.27. The third-order valence-electron chi connectivity index (χ3n) is 2.03. The van der Waals surface area contributed by atoms with Gasteiger partial charge < -0.3 is 10.1 Å². The van der Waals surface area contributed by atoms with Crippen LogP contribution >= 0.6 is 0 Å². The second-order valence-electron chi connectivity index (χ2n) is 3.25. The van der Waals surface area contributed by atoms with Gasteiger partial charge in [-0.1, -0.05) is 0 Å². The third kappa shape index (κ3) is 1.52.